The van der Waals surface area contributed by atoms with Crippen LogP contribution >= 0.6 is 11.6 Å². The van der Waals surface area contributed by atoms with Crippen LogP contribution in [0.3, 0.4) is 0 Å². The summed E-state index contributed by atoms with van der Waals surface area (Å²) in [6, 6.07) is 10.8. The van der Waals surface area contributed by atoms with Gasteiger partial charge in [-0.15, -0.1) is 0 Å². The van der Waals surface area contributed by atoms with Crippen molar-refractivity contribution in [1.82, 2.24) is 4.57 Å². The molecule has 0 fully saturated rings. The predicted octanol–water partition coefficient (Wildman–Crippen LogP) is 6.04. The quantitative estimate of drug-likeness (QED) is 0.444. The molecular weight excluding hydrogens is 415 g/mol. The molecule has 3 rings (SSSR count). The number of hydrogen-bond acceptors (Lipinski definition) is 2. The maximum absolute atomic E-state index is 14.8. The van der Waals surface area contributed by atoms with E-state index in [1.807, 2.05) is 0 Å². The lowest BCUT2D eigenvalue weighted by molar-refractivity contribution is 0.337. The number of benzene rings is 2. The van der Waals surface area contributed by atoms with Gasteiger partial charge in [-0.3, -0.25) is 4.79 Å². The minimum atomic E-state index is -1.59. The first-order valence-corrected chi connectivity index (χ1v) is 9.44. The first-order valence-electron chi connectivity index (χ1n) is 9.06. The highest BCUT2D eigenvalue weighted by Gasteiger charge is 2.24. The normalized spacial score (nSPS) is 11.9. The summed E-state index contributed by atoms with van der Waals surface area (Å²) in [5.74, 6) is -1.32. The molecule has 3 aromatic rings. The van der Waals surface area contributed by atoms with Gasteiger partial charge in [-0.2, -0.15) is 0 Å². The number of hydrogen-bond donors (Lipinski definition) is 0. The minimum Gasteiger partial charge on any atom is -0.497 e. The summed E-state index contributed by atoms with van der Waals surface area (Å²) in [6.45, 7) is 4.58. The van der Waals surface area contributed by atoms with Crippen LogP contribution in [0.25, 0.3) is 22.4 Å². The molecule has 0 aliphatic heterocycles. The van der Waals surface area contributed by atoms with Crippen LogP contribution < -0.4 is 10.3 Å². The highest BCUT2D eigenvalue weighted by Crippen LogP contribution is 2.39. The second-order valence-electron chi connectivity index (χ2n) is 6.80. The molecule has 30 heavy (non-hydrogen) atoms. The zero-order valence-corrected chi connectivity index (χ0v) is 17.1. The SMILES string of the molecule is C=C(C)C(F)Cn1c(-c2c(F)cccc2F)c(-c2cc(OC)ccc2Cl)ccc1=O. The summed E-state index contributed by atoms with van der Waals surface area (Å²) in [4.78, 5) is 12.6. The van der Waals surface area contributed by atoms with Crippen LogP contribution in [0, 0.1) is 11.6 Å². The molecule has 0 aliphatic rings. The van der Waals surface area contributed by atoms with E-state index in [1.165, 1.54) is 32.2 Å². The van der Waals surface area contributed by atoms with E-state index in [9.17, 15) is 18.0 Å². The molecule has 7 heteroatoms. The standard InChI is InChI=1S/C23H19ClF3NO2/c1-13(2)20(27)12-28-21(29)10-8-15(16-11-14(30-3)7-9-17(16)24)23(28)22-18(25)5-4-6-19(22)26/h4-11,20H,1,12H2,2-3H3. The molecule has 0 aliphatic carbocycles. The number of pyridine rings is 1. The summed E-state index contributed by atoms with van der Waals surface area (Å²) >= 11 is 6.36. The Kier molecular flexibility index (Phi) is 6.37. The van der Waals surface area contributed by atoms with Gasteiger partial charge in [0.25, 0.3) is 5.56 Å². The molecule has 3 nitrogen and oxygen atoms in total. The van der Waals surface area contributed by atoms with Gasteiger partial charge in [-0.05, 0) is 48.9 Å². The lowest BCUT2D eigenvalue weighted by atomic mass is 9.97. The summed E-state index contributed by atoms with van der Waals surface area (Å²) < 4.78 is 50.3. The van der Waals surface area contributed by atoms with Gasteiger partial charge in [0.1, 0.15) is 23.6 Å². The van der Waals surface area contributed by atoms with E-state index in [1.54, 1.807) is 18.2 Å². The number of allylic oxidation sites excluding steroid dienone is 1. The molecule has 0 bridgehead atoms. The van der Waals surface area contributed by atoms with Gasteiger partial charge in [0.15, 0.2) is 0 Å². The van der Waals surface area contributed by atoms with E-state index in [0.717, 1.165) is 16.7 Å². The zero-order chi connectivity index (χ0) is 22.0. The summed E-state index contributed by atoms with van der Waals surface area (Å²) in [7, 11) is 1.46. The highest BCUT2D eigenvalue weighted by atomic mass is 35.5. The van der Waals surface area contributed by atoms with Crippen molar-refractivity contribution < 1.29 is 17.9 Å². The minimum absolute atomic E-state index is 0.114. The van der Waals surface area contributed by atoms with Crippen molar-refractivity contribution in [3.63, 3.8) is 0 Å². The molecule has 0 saturated carbocycles. The van der Waals surface area contributed by atoms with Crippen LogP contribution in [0.1, 0.15) is 6.92 Å². The van der Waals surface area contributed by atoms with Gasteiger partial charge in [-0.25, -0.2) is 13.2 Å². The molecular formula is C23H19ClF3NO2. The first kappa shape index (κ1) is 21.7. The fourth-order valence-corrected chi connectivity index (χ4v) is 3.34. The van der Waals surface area contributed by atoms with Crippen molar-refractivity contribution in [2.45, 2.75) is 19.6 Å². The summed E-state index contributed by atoms with van der Waals surface area (Å²) in [6.07, 6.45) is -1.59. The Labute approximate surface area is 177 Å². The van der Waals surface area contributed by atoms with Crippen molar-refractivity contribution in [2.24, 2.45) is 0 Å². The topological polar surface area (TPSA) is 31.2 Å². The third kappa shape index (κ3) is 4.14. The summed E-state index contributed by atoms with van der Waals surface area (Å²) in [5, 5.41) is 0.274. The van der Waals surface area contributed by atoms with E-state index < -0.39 is 35.5 Å². The molecule has 0 spiro atoms. The number of nitrogens with zero attached hydrogens (tertiary/aromatic N) is 1. The number of aromatic nitrogens is 1. The number of ether oxygens (including phenoxy) is 1. The highest BCUT2D eigenvalue weighted by molar-refractivity contribution is 6.33. The molecule has 0 amide bonds. The summed E-state index contributed by atoms with van der Waals surface area (Å²) in [5.41, 5.74) is -0.342. The van der Waals surface area contributed by atoms with Crippen LogP contribution in [0.4, 0.5) is 13.2 Å². The van der Waals surface area contributed by atoms with E-state index in [4.69, 9.17) is 16.3 Å². The molecule has 0 N–H and O–H groups in total. The van der Waals surface area contributed by atoms with Crippen LogP contribution in [0.2, 0.25) is 5.02 Å². The van der Waals surface area contributed by atoms with E-state index >= 15 is 0 Å². The molecule has 1 heterocycles. The number of halogens is 4. The fraction of sp³-hybridized carbons (Fsp3) is 0.174. The van der Waals surface area contributed by atoms with E-state index in [-0.39, 0.29) is 21.9 Å². The van der Waals surface area contributed by atoms with Crippen molar-refractivity contribution >= 4 is 11.6 Å². The van der Waals surface area contributed by atoms with Gasteiger partial charge in [0.2, 0.25) is 0 Å². The van der Waals surface area contributed by atoms with E-state index in [2.05, 4.69) is 6.58 Å². The van der Waals surface area contributed by atoms with Crippen LogP contribution in [0.5, 0.6) is 5.75 Å². The fourth-order valence-electron chi connectivity index (χ4n) is 3.13. The Hall–Kier alpha value is -2.99. The van der Waals surface area contributed by atoms with Gasteiger partial charge in [0.05, 0.1) is 24.9 Å². The number of methoxy groups -OCH3 is 1. The van der Waals surface area contributed by atoms with Crippen molar-refractivity contribution in [3.8, 4) is 28.1 Å². The number of alkyl halides is 1. The van der Waals surface area contributed by atoms with Gasteiger partial charge < -0.3 is 9.30 Å². The van der Waals surface area contributed by atoms with Gasteiger partial charge in [0, 0.05) is 22.2 Å². The Balaban J connectivity index is 2.42. The number of rotatable bonds is 6. The van der Waals surface area contributed by atoms with Crippen LogP contribution in [0.15, 0.2) is 65.5 Å². The lowest BCUT2D eigenvalue weighted by Crippen LogP contribution is -2.27. The maximum atomic E-state index is 14.8. The van der Waals surface area contributed by atoms with Crippen LogP contribution in [-0.2, 0) is 6.54 Å². The van der Waals surface area contributed by atoms with Crippen molar-refractivity contribution in [1.29, 1.82) is 0 Å². The second-order valence-corrected chi connectivity index (χ2v) is 7.21. The Morgan fingerprint density at radius 1 is 1.13 bits per heavy atom. The third-order valence-electron chi connectivity index (χ3n) is 4.72. The Morgan fingerprint density at radius 2 is 1.80 bits per heavy atom. The molecule has 1 unspecified atom stereocenters. The van der Waals surface area contributed by atoms with E-state index in [0.29, 0.717) is 11.3 Å². The van der Waals surface area contributed by atoms with Crippen molar-refractivity contribution in [2.75, 3.05) is 7.11 Å². The molecule has 0 radical (unpaired) electrons. The molecule has 2 aromatic carbocycles. The predicted molar refractivity (Wildman–Crippen MR) is 113 cm³/mol. The van der Waals surface area contributed by atoms with Crippen molar-refractivity contribution in [3.05, 3.63) is 87.7 Å². The molecule has 156 valence electrons. The van der Waals surface area contributed by atoms with Crippen LogP contribution in [-0.4, -0.2) is 17.8 Å². The first-order chi connectivity index (χ1) is 14.2. The van der Waals surface area contributed by atoms with Gasteiger partial charge in [-0.1, -0.05) is 24.2 Å². The Morgan fingerprint density at radius 3 is 2.40 bits per heavy atom. The van der Waals surface area contributed by atoms with Gasteiger partial charge >= 0.3 is 0 Å². The average molecular weight is 434 g/mol. The monoisotopic (exact) mass is 433 g/mol. The molecule has 0 saturated heterocycles. The zero-order valence-electron chi connectivity index (χ0n) is 16.4. The largest absolute Gasteiger partial charge is 0.497 e. The second kappa shape index (κ2) is 8.79. The third-order valence-corrected chi connectivity index (χ3v) is 5.05. The Bertz CT molecular complexity index is 1150. The smallest absolute Gasteiger partial charge is 0.251 e. The molecule has 1 atom stereocenters. The lowest BCUT2D eigenvalue weighted by Gasteiger charge is -2.21. The maximum Gasteiger partial charge on any atom is 0.251 e. The average Bonchev–Trinajstić information content (AvgIpc) is 2.70. The molecule has 1 aromatic heterocycles.